The minimum Gasteiger partial charge on any atom is -0.228 e. The van der Waals surface area contributed by atoms with Gasteiger partial charge in [0.25, 0.3) is 0 Å². The molecular weight excluding hydrogens is 256 g/mol. The summed E-state index contributed by atoms with van der Waals surface area (Å²) in [5, 5.41) is 2.37. The van der Waals surface area contributed by atoms with Gasteiger partial charge in [-0.3, -0.25) is 0 Å². The van der Waals surface area contributed by atoms with Crippen molar-refractivity contribution >= 4 is 19.9 Å². The Balaban J connectivity index is 3.88. The Kier molecular flexibility index (Phi) is 6.34. The van der Waals surface area contributed by atoms with Gasteiger partial charge < -0.3 is 0 Å². The first-order valence-corrected chi connectivity index (χ1v) is 8.14. The normalized spacial score (nSPS) is 12.1. The molecule has 0 aromatic carbocycles. The fraction of sp³-hybridized carbons (Fsp3) is 1.00. The molecule has 0 atom stereocenters. The monoisotopic (exact) mass is 270 g/mol. The van der Waals surface area contributed by atoms with Crippen LogP contribution in [0.4, 0.5) is 0 Å². The minimum absolute atomic E-state index is 0.138. The lowest BCUT2D eigenvalue weighted by molar-refractivity contribution is 0.577. The molecule has 8 nitrogen and oxygen atoms in total. The van der Waals surface area contributed by atoms with Crippen molar-refractivity contribution in [1.82, 2.24) is 4.72 Å². The first kappa shape index (κ1) is 15.2. The Hall–Kier alpha value is -0.830. The maximum absolute atomic E-state index is 11.2. The van der Waals surface area contributed by atoms with Crippen LogP contribution in [-0.2, 0) is 19.9 Å². The zero-order chi connectivity index (χ0) is 12.7. The lowest BCUT2D eigenvalue weighted by Gasteiger charge is -2.04. The Labute approximate surface area is 94.6 Å². The first-order valence-electron chi connectivity index (χ1n) is 4.43. The van der Waals surface area contributed by atoms with E-state index >= 15 is 0 Å². The summed E-state index contributed by atoms with van der Waals surface area (Å²) in [6.45, 7) is 0.434. The molecule has 0 amide bonds. The topological polar surface area (TPSA) is 129 Å². The highest BCUT2D eigenvalue weighted by atomic mass is 32.3. The van der Waals surface area contributed by atoms with Crippen LogP contribution in [0.15, 0.2) is 5.11 Å². The number of rotatable bonds is 8. The second-order valence-corrected chi connectivity index (χ2v) is 7.53. The van der Waals surface area contributed by atoms with E-state index in [-0.39, 0.29) is 6.54 Å². The lowest BCUT2D eigenvalue weighted by atomic mass is 10.3. The molecule has 1 N–H and O–H groups in total. The van der Waals surface area contributed by atoms with E-state index in [0.717, 1.165) is 6.26 Å². The van der Waals surface area contributed by atoms with Crippen LogP contribution in [0, 0.1) is 0 Å². The van der Waals surface area contributed by atoms with Crippen LogP contribution in [0.1, 0.15) is 12.8 Å². The summed E-state index contributed by atoms with van der Waals surface area (Å²) in [6.07, 6.45) is 1.89. The molecule has 0 bridgehead atoms. The van der Waals surface area contributed by atoms with Crippen LogP contribution in [-0.4, -0.2) is 41.3 Å². The molecule has 0 heterocycles. The van der Waals surface area contributed by atoms with E-state index in [2.05, 4.69) is 14.7 Å². The highest BCUT2D eigenvalue weighted by Crippen LogP contribution is 1.94. The van der Waals surface area contributed by atoms with Gasteiger partial charge in [0.05, 0.1) is 0 Å². The van der Waals surface area contributed by atoms with Gasteiger partial charge >= 0.3 is 0 Å². The van der Waals surface area contributed by atoms with Crippen LogP contribution in [0.5, 0.6) is 0 Å². The van der Waals surface area contributed by atoms with Gasteiger partial charge in [-0.05, 0) is 18.4 Å². The fourth-order valence-electron chi connectivity index (χ4n) is 0.903. The zero-order valence-corrected chi connectivity index (χ0v) is 10.5. The number of hydrogen-bond donors (Lipinski definition) is 1. The van der Waals surface area contributed by atoms with E-state index < -0.39 is 24.9 Å². The van der Waals surface area contributed by atoms with E-state index in [1.54, 1.807) is 0 Å². The van der Waals surface area contributed by atoms with Gasteiger partial charge in [-0.25, -0.2) is 21.6 Å². The lowest BCUT2D eigenvalue weighted by Crippen LogP contribution is -2.30. The van der Waals surface area contributed by atoms with Gasteiger partial charge in [0.1, 0.15) is 0 Å². The van der Waals surface area contributed by atoms with Crippen LogP contribution < -0.4 is 4.72 Å². The highest BCUT2D eigenvalue weighted by Gasteiger charge is 2.16. The van der Waals surface area contributed by atoms with Gasteiger partial charge in [0.15, 0.2) is 14.9 Å². The Bertz CT molecular complexity index is 449. The molecule has 0 aliphatic carbocycles. The van der Waals surface area contributed by atoms with Crippen LogP contribution >= 0.6 is 0 Å². The summed E-state index contributed by atoms with van der Waals surface area (Å²) >= 11 is 0. The van der Waals surface area contributed by atoms with Crippen molar-refractivity contribution in [2.24, 2.45) is 5.11 Å². The van der Waals surface area contributed by atoms with E-state index in [1.165, 1.54) is 0 Å². The average Bonchev–Trinajstić information content (AvgIpc) is 2.06. The number of sulfone groups is 1. The molecule has 0 aliphatic rings. The number of hydrogen-bond acceptors (Lipinski definition) is 5. The second-order valence-electron chi connectivity index (χ2n) is 3.21. The van der Waals surface area contributed by atoms with Crippen molar-refractivity contribution in [2.45, 2.75) is 12.8 Å². The number of azide groups is 1. The zero-order valence-electron chi connectivity index (χ0n) is 8.83. The van der Waals surface area contributed by atoms with Crippen LogP contribution in [0.25, 0.3) is 10.4 Å². The number of unbranched alkanes of at least 4 members (excludes halogenated alkanes) is 1. The van der Waals surface area contributed by atoms with Crippen molar-refractivity contribution in [3.63, 3.8) is 0 Å². The maximum Gasteiger partial charge on any atom is 0.226 e. The summed E-state index contributed by atoms with van der Waals surface area (Å²) in [4.78, 5) is 2.54. The van der Waals surface area contributed by atoms with E-state index in [9.17, 15) is 16.8 Å². The summed E-state index contributed by atoms with van der Waals surface area (Å²) in [6, 6.07) is 0. The molecule has 0 aromatic rings. The van der Waals surface area contributed by atoms with Crippen molar-refractivity contribution in [3.05, 3.63) is 10.4 Å². The summed E-state index contributed by atoms with van der Waals surface area (Å²) in [5.41, 5.74) is 7.96. The average molecular weight is 270 g/mol. The van der Waals surface area contributed by atoms with E-state index in [1.807, 2.05) is 0 Å². The number of nitrogens with zero attached hydrogens (tertiary/aromatic N) is 3. The summed E-state index contributed by atoms with van der Waals surface area (Å²) in [7, 11) is -7.32. The third-order valence-corrected chi connectivity index (χ3v) is 5.04. The standard InChI is InChI=1S/C6H14N4O4S2/c1-15(11,12)6-16(13,14)9-5-3-2-4-8-10-7/h9H,2-6H2,1H3. The molecule has 10 heteroatoms. The molecule has 0 saturated heterocycles. The molecule has 0 rings (SSSR count). The van der Waals surface area contributed by atoms with Gasteiger partial charge in [-0.15, -0.1) is 0 Å². The smallest absolute Gasteiger partial charge is 0.226 e. The molecule has 0 spiro atoms. The van der Waals surface area contributed by atoms with Crippen molar-refractivity contribution < 1.29 is 16.8 Å². The van der Waals surface area contributed by atoms with Crippen LogP contribution in [0.2, 0.25) is 0 Å². The SMILES string of the molecule is CS(=O)(=O)CS(=O)(=O)NCCCCN=[N+]=[N-]. The van der Waals surface area contributed by atoms with Crippen molar-refractivity contribution in [3.8, 4) is 0 Å². The van der Waals surface area contributed by atoms with Crippen molar-refractivity contribution in [2.75, 3.05) is 24.4 Å². The molecule has 0 aromatic heterocycles. The number of nitrogens with one attached hydrogen (secondary N) is 1. The summed E-state index contributed by atoms with van der Waals surface area (Å²) in [5.74, 6) is 0. The Morgan fingerprint density at radius 3 is 2.38 bits per heavy atom. The van der Waals surface area contributed by atoms with Gasteiger partial charge in [-0.1, -0.05) is 5.11 Å². The molecule has 0 fully saturated rings. The summed E-state index contributed by atoms with van der Waals surface area (Å²) < 4.78 is 46.0. The van der Waals surface area contributed by atoms with Crippen molar-refractivity contribution in [1.29, 1.82) is 0 Å². The predicted octanol–water partition coefficient (Wildman–Crippen LogP) is -0.00160. The Morgan fingerprint density at radius 2 is 1.88 bits per heavy atom. The van der Waals surface area contributed by atoms with E-state index in [4.69, 9.17) is 5.53 Å². The molecule has 16 heavy (non-hydrogen) atoms. The molecule has 0 unspecified atom stereocenters. The molecule has 0 saturated carbocycles. The van der Waals surface area contributed by atoms with Crippen LogP contribution in [0.3, 0.4) is 0 Å². The molecule has 94 valence electrons. The number of sulfonamides is 1. The fourth-order valence-corrected chi connectivity index (χ4v) is 3.95. The third-order valence-electron chi connectivity index (χ3n) is 1.44. The third kappa shape index (κ3) is 9.71. The minimum atomic E-state index is -3.77. The van der Waals surface area contributed by atoms with Gasteiger partial charge in [0.2, 0.25) is 10.0 Å². The Morgan fingerprint density at radius 1 is 1.25 bits per heavy atom. The molecule has 0 radical (unpaired) electrons. The molecule has 0 aliphatic heterocycles. The maximum atomic E-state index is 11.2. The largest absolute Gasteiger partial charge is 0.228 e. The molecular formula is C6H14N4O4S2. The van der Waals surface area contributed by atoms with Gasteiger partial charge in [0, 0.05) is 24.3 Å². The van der Waals surface area contributed by atoms with E-state index in [0.29, 0.717) is 19.4 Å². The quantitative estimate of drug-likeness (QED) is 0.288. The second kappa shape index (κ2) is 6.69. The van der Waals surface area contributed by atoms with Gasteiger partial charge in [-0.2, -0.15) is 0 Å². The predicted molar refractivity (Wildman–Crippen MR) is 59.9 cm³/mol. The first-order chi connectivity index (χ1) is 7.27. The highest BCUT2D eigenvalue weighted by molar-refractivity contribution is 8.06.